The molecule has 4 nitrogen and oxygen atoms in total. The highest BCUT2D eigenvalue weighted by atomic mass is 32.2. The minimum absolute atomic E-state index is 0.194. The zero-order valence-electron chi connectivity index (χ0n) is 13.7. The standard InChI is InChI=1S/C18H23NO3S/c1-4-14(2)15-9-11-17(12-10-15)23(20,21)19-13-16-7-5-6-8-18(16)22-3/h5-12,14,19H,4,13H2,1-3H3/t14-/m1/s1. The first-order chi connectivity index (χ1) is 11.0. The molecule has 5 heteroatoms. The maximum Gasteiger partial charge on any atom is 0.240 e. The van der Waals surface area contributed by atoms with Gasteiger partial charge >= 0.3 is 0 Å². The largest absolute Gasteiger partial charge is 0.496 e. The molecule has 0 amide bonds. The van der Waals surface area contributed by atoms with Gasteiger partial charge in [-0.25, -0.2) is 13.1 Å². The maximum absolute atomic E-state index is 12.4. The van der Waals surface area contributed by atoms with Gasteiger partial charge in [-0.05, 0) is 36.1 Å². The molecule has 0 saturated carbocycles. The quantitative estimate of drug-likeness (QED) is 0.841. The summed E-state index contributed by atoms with van der Waals surface area (Å²) in [6.07, 6.45) is 1.03. The highest BCUT2D eigenvalue weighted by Gasteiger charge is 2.15. The SMILES string of the molecule is CC[C@@H](C)c1ccc(S(=O)(=O)NCc2ccccc2OC)cc1. The number of para-hydroxylation sites is 1. The summed E-state index contributed by atoms with van der Waals surface area (Å²) in [5, 5.41) is 0. The highest BCUT2D eigenvalue weighted by Crippen LogP contribution is 2.21. The van der Waals surface area contributed by atoms with Crippen LogP contribution in [0.1, 0.15) is 37.3 Å². The highest BCUT2D eigenvalue weighted by molar-refractivity contribution is 7.89. The monoisotopic (exact) mass is 333 g/mol. The number of nitrogens with one attached hydrogen (secondary N) is 1. The van der Waals surface area contributed by atoms with E-state index in [4.69, 9.17) is 4.74 Å². The summed E-state index contributed by atoms with van der Waals surface area (Å²) < 4.78 is 32.7. The van der Waals surface area contributed by atoms with Gasteiger partial charge < -0.3 is 4.74 Å². The molecule has 0 bridgehead atoms. The van der Waals surface area contributed by atoms with Crippen molar-refractivity contribution < 1.29 is 13.2 Å². The van der Waals surface area contributed by atoms with Gasteiger partial charge in [0.1, 0.15) is 5.75 Å². The molecule has 124 valence electrons. The predicted molar refractivity (Wildman–Crippen MR) is 92.2 cm³/mol. The van der Waals surface area contributed by atoms with E-state index in [1.165, 1.54) is 0 Å². The Labute approximate surface area is 138 Å². The van der Waals surface area contributed by atoms with Crippen molar-refractivity contribution in [1.82, 2.24) is 4.72 Å². The van der Waals surface area contributed by atoms with Crippen LogP contribution in [0.15, 0.2) is 53.4 Å². The zero-order chi connectivity index (χ0) is 16.9. The molecular formula is C18H23NO3S. The summed E-state index contributed by atoms with van der Waals surface area (Å²) >= 11 is 0. The molecule has 0 spiro atoms. The summed E-state index contributed by atoms with van der Waals surface area (Å²) in [7, 11) is -1.97. The Hall–Kier alpha value is -1.85. The number of rotatable bonds is 7. The van der Waals surface area contributed by atoms with Crippen LogP contribution in [0.4, 0.5) is 0 Å². The summed E-state index contributed by atoms with van der Waals surface area (Å²) in [6.45, 7) is 4.44. The van der Waals surface area contributed by atoms with E-state index in [0.29, 0.717) is 11.7 Å². The van der Waals surface area contributed by atoms with Crippen LogP contribution in [-0.2, 0) is 16.6 Å². The fourth-order valence-electron chi connectivity index (χ4n) is 2.32. The van der Waals surface area contributed by atoms with E-state index in [-0.39, 0.29) is 11.4 Å². The van der Waals surface area contributed by atoms with Crippen LogP contribution in [0, 0.1) is 0 Å². The normalized spacial score (nSPS) is 12.8. The van der Waals surface area contributed by atoms with Crippen molar-refractivity contribution in [3.8, 4) is 5.75 Å². The molecule has 0 fully saturated rings. The molecule has 0 aliphatic carbocycles. The molecule has 2 rings (SSSR count). The molecule has 0 aromatic heterocycles. The molecule has 0 unspecified atom stereocenters. The average Bonchev–Trinajstić information content (AvgIpc) is 2.59. The van der Waals surface area contributed by atoms with Crippen LogP contribution < -0.4 is 9.46 Å². The van der Waals surface area contributed by atoms with Crippen LogP contribution in [0.5, 0.6) is 5.75 Å². The van der Waals surface area contributed by atoms with E-state index in [1.54, 1.807) is 19.2 Å². The van der Waals surface area contributed by atoms with Gasteiger partial charge in [-0.3, -0.25) is 0 Å². The van der Waals surface area contributed by atoms with Gasteiger partial charge in [0, 0.05) is 12.1 Å². The van der Waals surface area contributed by atoms with Gasteiger partial charge in [-0.1, -0.05) is 44.2 Å². The first kappa shape index (κ1) is 17.5. The first-order valence-corrected chi connectivity index (χ1v) is 9.17. The summed E-state index contributed by atoms with van der Waals surface area (Å²) in [5.41, 5.74) is 1.95. The van der Waals surface area contributed by atoms with Crippen LogP contribution in [0.25, 0.3) is 0 Å². The summed E-state index contributed by atoms with van der Waals surface area (Å²) in [6, 6.07) is 14.4. The molecule has 0 aliphatic rings. The van der Waals surface area contributed by atoms with Crippen LogP contribution in [-0.4, -0.2) is 15.5 Å². The molecule has 0 aliphatic heterocycles. The van der Waals surface area contributed by atoms with Gasteiger partial charge in [0.15, 0.2) is 0 Å². The Morgan fingerprint density at radius 3 is 2.35 bits per heavy atom. The lowest BCUT2D eigenvalue weighted by Crippen LogP contribution is -2.23. The minimum Gasteiger partial charge on any atom is -0.496 e. The molecule has 1 N–H and O–H groups in total. The molecule has 0 heterocycles. The van der Waals surface area contributed by atoms with Gasteiger partial charge in [-0.15, -0.1) is 0 Å². The summed E-state index contributed by atoms with van der Waals surface area (Å²) in [5.74, 6) is 1.09. The van der Waals surface area contributed by atoms with E-state index in [9.17, 15) is 8.42 Å². The Morgan fingerprint density at radius 2 is 1.74 bits per heavy atom. The van der Waals surface area contributed by atoms with Crippen molar-refractivity contribution in [2.75, 3.05) is 7.11 Å². The smallest absolute Gasteiger partial charge is 0.240 e. The zero-order valence-corrected chi connectivity index (χ0v) is 14.6. The van der Waals surface area contributed by atoms with Gasteiger partial charge in [-0.2, -0.15) is 0 Å². The molecular weight excluding hydrogens is 310 g/mol. The van der Waals surface area contributed by atoms with Crippen molar-refractivity contribution in [2.24, 2.45) is 0 Å². The number of methoxy groups -OCH3 is 1. The third-order valence-corrected chi connectivity index (χ3v) is 5.43. The van der Waals surface area contributed by atoms with Crippen molar-refractivity contribution in [3.05, 3.63) is 59.7 Å². The molecule has 2 aromatic carbocycles. The third kappa shape index (κ3) is 4.33. The third-order valence-electron chi connectivity index (χ3n) is 4.02. The maximum atomic E-state index is 12.4. The van der Waals surface area contributed by atoms with E-state index in [0.717, 1.165) is 17.5 Å². The first-order valence-electron chi connectivity index (χ1n) is 7.69. The topological polar surface area (TPSA) is 55.4 Å². The lowest BCUT2D eigenvalue weighted by Gasteiger charge is -2.12. The summed E-state index contributed by atoms with van der Waals surface area (Å²) in [4.78, 5) is 0.277. The van der Waals surface area contributed by atoms with Gasteiger partial charge in [0.2, 0.25) is 10.0 Å². The molecule has 1 atom stereocenters. The molecule has 23 heavy (non-hydrogen) atoms. The number of sulfonamides is 1. The average molecular weight is 333 g/mol. The van der Waals surface area contributed by atoms with E-state index >= 15 is 0 Å². The molecule has 2 aromatic rings. The molecule has 0 saturated heterocycles. The van der Waals surface area contributed by atoms with E-state index in [1.807, 2.05) is 36.4 Å². The fourth-order valence-corrected chi connectivity index (χ4v) is 3.32. The molecule has 0 radical (unpaired) electrons. The second-order valence-corrected chi connectivity index (χ2v) is 7.28. The second kappa shape index (κ2) is 7.62. The van der Waals surface area contributed by atoms with E-state index in [2.05, 4.69) is 18.6 Å². The van der Waals surface area contributed by atoms with Crippen LogP contribution in [0.3, 0.4) is 0 Å². The minimum atomic E-state index is -3.54. The lowest BCUT2D eigenvalue weighted by atomic mass is 9.99. The number of benzene rings is 2. The van der Waals surface area contributed by atoms with Crippen molar-refractivity contribution >= 4 is 10.0 Å². The van der Waals surface area contributed by atoms with Crippen LogP contribution in [0.2, 0.25) is 0 Å². The van der Waals surface area contributed by atoms with Crippen molar-refractivity contribution in [3.63, 3.8) is 0 Å². The Bertz CT molecular complexity index is 739. The van der Waals surface area contributed by atoms with Gasteiger partial charge in [0.05, 0.1) is 12.0 Å². The number of hydrogen-bond donors (Lipinski definition) is 1. The Morgan fingerprint density at radius 1 is 1.09 bits per heavy atom. The van der Waals surface area contributed by atoms with Crippen LogP contribution >= 0.6 is 0 Å². The Balaban J connectivity index is 2.12. The Kier molecular flexibility index (Phi) is 5.80. The number of ether oxygens (including phenoxy) is 1. The second-order valence-electron chi connectivity index (χ2n) is 5.51. The number of hydrogen-bond acceptors (Lipinski definition) is 3. The van der Waals surface area contributed by atoms with Gasteiger partial charge in [0.25, 0.3) is 0 Å². The van der Waals surface area contributed by atoms with Crippen molar-refractivity contribution in [2.45, 2.75) is 37.6 Å². The lowest BCUT2D eigenvalue weighted by molar-refractivity contribution is 0.409. The van der Waals surface area contributed by atoms with Crippen molar-refractivity contribution in [1.29, 1.82) is 0 Å². The fraction of sp³-hybridized carbons (Fsp3) is 0.333. The van der Waals surface area contributed by atoms with E-state index < -0.39 is 10.0 Å². The predicted octanol–water partition coefficient (Wildman–Crippen LogP) is 3.69.